The van der Waals surface area contributed by atoms with E-state index in [2.05, 4.69) is 20.6 Å². The number of hydrogen-bond acceptors (Lipinski definition) is 12. The van der Waals surface area contributed by atoms with Gasteiger partial charge in [0.2, 0.25) is 16.0 Å². The number of ether oxygens (including phenoxy) is 1. The van der Waals surface area contributed by atoms with Crippen LogP contribution >= 0.6 is 11.3 Å². The van der Waals surface area contributed by atoms with Crippen molar-refractivity contribution in [2.24, 2.45) is 5.14 Å². The van der Waals surface area contributed by atoms with E-state index < -0.39 is 21.6 Å². The zero-order valence-electron chi connectivity index (χ0n) is 24.0. The Morgan fingerprint density at radius 2 is 1.71 bits per heavy atom. The molecule has 0 atom stereocenters. The van der Waals surface area contributed by atoms with E-state index in [-0.39, 0.29) is 21.8 Å². The summed E-state index contributed by atoms with van der Waals surface area (Å²) in [7, 11) is -3.80. The Kier molecular flexibility index (Phi) is 8.89. The van der Waals surface area contributed by atoms with E-state index in [0.29, 0.717) is 55.2 Å². The van der Waals surface area contributed by atoms with Gasteiger partial charge in [0.25, 0.3) is 0 Å². The molecule has 0 saturated carbocycles. The maximum atomic E-state index is 12.6. The number of piperazine rings is 1. The third-order valence-corrected chi connectivity index (χ3v) is 8.26. The lowest BCUT2D eigenvalue weighted by Crippen LogP contribution is -2.50. The summed E-state index contributed by atoms with van der Waals surface area (Å²) in [6.07, 6.45) is -0.368. The van der Waals surface area contributed by atoms with Crippen molar-refractivity contribution in [3.63, 3.8) is 0 Å². The summed E-state index contributed by atoms with van der Waals surface area (Å²) in [6, 6.07) is 6.19. The van der Waals surface area contributed by atoms with E-state index >= 15 is 0 Å². The van der Waals surface area contributed by atoms with Crippen LogP contribution in [0.15, 0.2) is 29.2 Å². The zero-order chi connectivity index (χ0) is 30.8. The molecule has 3 heterocycles. The van der Waals surface area contributed by atoms with Gasteiger partial charge in [-0.25, -0.2) is 28.1 Å². The highest BCUT2D eigenvalue weighted by Crippen LogP contribution is 2.30. The molecule has 5 N–H and O–H groups in total. The zero-order valence-corrected chi connectivity index (χ0v) is 25.6. The molecule has 42 heavy (non-hydrogen) atoms. The number of aromatic carboxylic acids is 1. The first-order valence-corrected chi connectivity index (χ1v) is 15.4. The lowest BCUT2D eigenvalue weighted by atomic mass is 10.2. The number of hydrogen-bond donors (Lipinski definition) is 4. The molecule has 0 radical (unpaired) electrons. The molecule has 1 aromatic carbocycles. The second-order valence-corrected chi connectivity index (χ2v) is 13.3. The number of amides is 1. The van der Waals surface area contributed by atoms with Gasteiger partial charge in [-0.3, -0.25) is 5.32 Å². The number of benzene rings is 1. The van der Waals surface area contributed by atoms with Crippen molar-refractivity contribution in [1.29, 1.82) is 0 Å². The predicted molar refractivity (Wildman–Crippen MR) is 159 cm³/mol. The summed E-state index contributed by atoms with van der Waals surface area (Å²) in [5, 5.41) is 21.3. The van der Waals surface area contributed by atoms with Crippen molar-refractivity contribution in [2.45, 2.75) is 51.7 Å². The number of aromatic nitrogens is 3. The number of thiazole rings is 1. The molecule has 1 aliphatic heterocycles. The van der Waals surface area contributed by atoms with Gasteiger partial charge in [-0.2, -0.15) is 9.97 Å². The van der Waals surface area contributed by atoms with Crippen LogP contribution in [0, 0.1) is 13.8 Å². The lowest BCUT2D eigenvalue weighted by molar-refractivity contribution is 0.0240. The number of aryl methyl sites for hydroxylation is 1. The second-order valence-electron chi connectivity index (χ2n) is 10.7. The topological polar surface area (TPSA) is 193 Å². The van der Waals surface area contributed by atoms with Crippen molar-refractivity contribution in [1.82, 2.24) is 19.9 Å². The summed E-state index contributed by atoms with van der Waals surface area (Å²) in [5.74, 6) is 0.291. The van der Waals surface area contributed by atoms with Crippen LogP contribution in [0.25, 0.3) is 0 Å². The minimum Gasteiger partial charge on any atom is -0.477 e. The normalized spacial score (nSPS) is 14.0. The minimum absolute atomic E-state index is 0.0169. The standard InChI is InChI=1S/C26H34N8O6S2/c1-15-20(28-14-17-6-8-18(9-7-17)42(27,38)39)30-23(32-24-29-16(2)19(41-24)22(35)36)31-21(15)33-10-12-34(13-11-33)25(37)40-26(3,4)5/h6-9H,10-14H2,1-5H3,(H,35,36)(H2,27,38,39)(H2,28,29,30,31,32). The molecule has 1 saturated heterocycles. The Morgan fingerprint density at radius 1 is 1.07 bits per heavy atom. The number of primary sulfonamides is 1. The van der Waals surface area contributed by atoms with Crippen molar-refractivity contribution >= 4 is 56.1 Å². The van der Waals surface area contributed by atoms with Gasteiger partial charge < -0.3 is 25.0 Å². The summed E-state index contributed by atoms with van der Waals surface area (Å²) < 4.78 is 28.7. The summed E-state index contributed by atoms with van der Waals surface area (Å²) in [6.45, 7) is 11.2. The molecule has 0 unspecified atom stereocenters. The first kappa shape index (κ1) is 30.9. The van der Waals surface area contributed by atoms with Crippen LogP contribution in [0.1, 0.15) is 47.3 Å². The Morgan fingerprint density at radius 3 is 2.26 bits per heavy atom. The number of nitrogens with one attached hydrogen (secondary N) is 2. The van der Waals surface area contributed by atoms with E-state index in [0.717, 1.165) is 22.5 Å². The molecule has 0 aliphatic carbocycles. The molecule has 16 heteroatoms. The van der Waals surface area contributed by atoms with Crippen LogP contribution in [0.2, 0.25) is 0 Å². The molecule has 0 bridgehead atoms. The summed E-state index contributed by atoms with van der Waals surface area (Å²) in [5.41, 5.74) is 1.34. The lowest BCUT2D eigenvalue weighted by Gasteiger charge is -2.36. The number of sulfonamides is 1. The summed E-state index contributed by atoms with van der Waals surface area (Å²) in [4.78, 5) is 41.6. The monoisotopic (exact) mass is 618 g/mol. The number of carboxylic acids is 1. The van der Waals surface area contributed by atoms with Crippen molar-refractivity contribution in [3.05, 3.63) is 46.0 Å². The fourth-order valence-corrected chi connectivity index (χ4v) is 5.51. The number of nitrogens with two attached hydrogens (primary N) is 1. The fourth-order valence-electron chi connectivity index (χ4n) is 4.19. The molecule has 1 fully saturated rings. The maximum absolute atomic E-state index is 12.6. The highest BCUT2D eigenvalue weighted by Gasteiger charge is 2.28. The third-order valence-electron chi connectivity index (χ3n) is 6.27. The number of carboxylic acid groups (broad SMARTS) is 1. The highest BCUT2D eigenvalue weighted by atomic mass is 32.2. The van der Waals surface area contributed by atoms with Gasteiger partial charge in [-0.1, -0.05) is 23.5 Å². The van der Waals surface area contributed by atoms with Crippen LogP contribution < -0.4 is 20.7 Å². The Bertz CT molecular complexity index is 1580. The van der Waals surface area contributed by atoms with E-state index in [4.69, 9.17) is 14.9 Å². The molecular weight excluding hydrogens is 584 g/mol. The molecule has 0 spiro atoms. The Hall–Kier alpha value is -4.02. The summed E-state index contributed by atoms with van der Waals surface area (Å²) >= 11 is 0.982. The third kappa shape index (κ3) is 7.63. The van der Waals surface area contributed by atoms with Gasteiger partial charge in [-0.05, 0) is 52.3 Å². The number of nitrogens with zero attached hydrogens (tertiary/aromatic N) is 5. The number of rotatable bonds is 8. The van der Waals surface area contributed by atoms with Crippen molar-refractivity contribution in [3.8, 4) is 0 Å². The van der Waals surface area contributed by atoms with Gasteiger partial charge in [0.1, 0.15) is 22.1 Å². The average Bonchev–Trinajstić information content (AvgIpc) is 3.27. The molecule has 14 nitrogen and oxygen atoms in total. The van der Waals surface area contributed by atoms with E-state index in [9.17, 15) is 23.1 Å². The van der Waals surface area contributed by atoms with Gasteiger partial charge in [-0.15, -0.1) is 0 Å². The average molecular weight is 619 g/mol. The first-order chi connectivity index (χ1) is 19.6. The first-order valence-electron chi connectivity index (χ1n) is 13.1. The fraction of sp³-hybridized carbons (Fsp3) is 0.423. The van der Waals surface area contributed by atoms with E-state index in [1.54, 1.807) is 24.0 Å². The minimum atomic E-state index is -3.80. The molecule has 3 aromatic rings. The predicted octanol–water partition coefficient (Wildman–Crippen LogP) is 3.31. The molecular formula is C26H34N8O6S2. The number of carbonyl (C=O) groups excluding carboxylic acids is 1. The van der Waals surface area contributed by atoms with E-state index in [1.165, 1.54) is 12.1 Å². The van der Waals surface area contributed by atoms with Crippen LogP contribution in [0.3, 0.4) is 0 Å². The van der Waals surface area contributed by atoms with Crippen LogP contribution in [0.5, 0.6) is 0 Å². The second kappa shape index (κ2) is 12.1. The smallest absolute Gasteiger partial charge is 0.410 e. The molecule has 2 aromatic heterocycles. The highest BCUT2D eigenvalue weighted by molar-refractivity contribution is 7.89. The van der Waals surface area contributed by atoms with Gasteiger partial charge in [0, 0.05) is 38.3 Å². The SMILES string of the molecule is Cc1nc(Nc2nc(NCc3ccc(S(N)(=O)=O)cc3)c(C)c(N3CCN(C(=O)OC(C)(C)C)CC3)n2)sc1C(=O)O. The van der Waals surface area contributed by atoms with Gasteiger partial charge in [0.05, 0.1) is 10.6 Å². The van der Waals surface area contributed by atoms with Crippen LogP contribution in [-0.2, 0) is 21.3 Å². The molecule has 4 rings (SSSR count). The number of carbonyl (C=O) groups is 2. The molecule has 1 amide bonds. The molecule has 1 aliphatic rings. The largest absolute Gasteiger partial charge is 0.477 e. The van der Waals surface area contributed by atoms with Crippen molar-refractivity contribution < 1.29 is 27.9 Å². The Labute approximate surface area is 248 Å². The van der Waals surface area contributed by atoms with Crippen LogP contribution in [0.4, 0.5) is 27.5 Å². The molecule has 226 valence electrons. The Balaban J connectivity index is 1.59. The van der Waals surface area contributed by atoms with Gasteiger partial charge >= 0.3 is 12.1 Å². The number of anilines is 4. The van der Waals surface area contributed by atoms with Crippen LogP contribution in [-0.4, -0.2) is 77.2 Å². The van der Waals surface area contributed by atoms with Gasteiger partial charge in [0.15, 0.2) is 5.13 Å². The van der Waals surface area contributed by atoms with E-state index in [1.807, 2.05) is 32.6 Å². The quantitative estimate of drug-likeness (QED) is 0.288. The van der Waals surface area contributed by atoms with Crippen molar-refractivity contribution in [2.75, 3.05) is 41.7 Å². The maximum Gasteiger partial charge on any atom is 0.410 e.